The van der Waals surface area contributed by atoms with Crippen molar-refractivity contribution >= 4 is 5.97 Å². The Balaban J connectivity index is 1.38. The fourth-order valence-corrected chi connectivity index (χ4v) is 8.20. The number of carbonyl (C=O) groups excluding carboxylic acids is 1. The molecule has 2 saturated carbocycles. The summed E-state index contributed by atoms with van der Waals surface area (Å²) < 4.78 is 31.8. The van der Waals surface area contributed by atoms with Crippen molar-refractivity contribution < 1.29 is 33.6 Å². The standard InChI is InChI=1S/C24H32O7/c1-19(2,3)31-18-22-14(28-22)9-13-12-10-27-17(25)11(12)7-8-21(13,6)24(22)16(30-24)15-23(18,29-15)20(4,5)26/h13-16,18,26H,7-10H2,1-6H3/t13-,14-,15-,16-,18-,21-,22+,23-,24+/m0/s1. The van der Waals surface area contributed by atoms with Crippen LogP contribution in [0.15, 0.2) is 11.1 Å². The largest absolute Gasteiger partial charge is 0.458 e. The molecule has 7 rings (SSSR count). The number of epoxide rings is 3. The molecule has 5 fully saturated rings. The number of cyclic esters (lactones) is 1. The highest BCUT2D eigenvalue weighted by Crippen LogP contribution is 2.83. The first-order valence-corrected chi connectivity index (χ1v) is 11.7. The molecule has 3 saturated heterocycles. The normalized spacial score (nSPS) is 55.8. The number of hydrogen-bond donors (Lipinski definition) is 1. The Labute approximate surface area is 182 Å². The fraction of sp³-hybridized carbons (Fsp3) is 0.875. The highest BCUT2D eigenvalue weighted by molar-refractivity contribution is 5.92. The van der Waals surface area contributed by atoms with Crippen molar-refractivity contribution in [1.29, 1.82) is 0 Å². The Morgan fingerprint density at radius 1 is 1.10 bits per heavy atom. The molecule has 3 aliphatic carbocycles. The first-order valence-electron chi connectivity index (χ1n) is 11.7. The number of carbonyl (C=O) groups is 1. The summed E-state index contributed by atoms with van der Waals surface area (Å²) in [4.78, 5) is 12.3. The SMILES string of the molecule is CC(C)(C)O[C@@H]1[C@@]2(C(C)(C)O)O[C@H]2[C@@H]2O[C@]23[C@]12O[C@H]2C[C@H]1C2=C(CC[C@@]13C)C(=O)OC2. The molecule has 31 heavy (non-hydrogen) atoms. The molecule has 0 radical (unpaired) electrons. The lowest BCUT2D eigenvalue weighted by Crippen LogP contribution is -2.72. The molecular weight excluding hydrogens is 400 g/mol. The van der Waals surface area contributed by atoms with Crippen LogP contribution >= 0.6 is 0 Å². The molecule has 0 aromatic heterocycles. The van der Waals surface area contributed by atoms with E-state index >= 15 is 0 Å². The summed E-state index contributed by atoms with van der Waals surface area (Å²) in [7, 11) is 0. The van der Waals surface area contributed by atoms with E-state index < -0.39 is 34.1 Å². The number of esters is 1. The predicted octanol–water partition coefficient (Wildman–Crippen LogP) is 2.04. The van der Waals surface area contributed by atoms with E-state index in [0.29, 0.717) is 13.0 Å². The molecule has 0 unspecified atom stereocenters. The van der Waals surface area contributed by atoms with E-state index in [1.165, 1.54) is 0 Å². The number of ether oxygens (including phenoxy) is 5. The van der Waals surface area contributed by atoms with Gasteiger partial charge in [0.2, 0.25) is 0 Å². The van der Waals surface area contributed by atoms with Crippen molar-refractivity contribution in [1.82, 2.24) is 0 Å². The van der Waals surface area contributed by atoms with E-state index in [2.05, 4.69) is 6.92 Å². The quantitative estimate of drug-likeness (QED) is 0.527. The first-order chi connectivity index (χ1) is 14.3. The smallest absolute Gasteiger partial charge is 0.334 e. The molecule has 0 bridgehead atoms. The van der Waals surface area contributed by atoms with Crippen LogP contribution in [0.5, 0.6) is 0 Å². The van der Waals surface area contributed by atoms with Gasteiger partial charge in [-0.1, -0.05) is 6.92 Å². The molecule has 7 heteroatoms. The average Bonchev–Trinajstić information content (AvgIpc) is 3.51. The highest BCUT2D eigenvalue weighted by Gasteiger charge is 3.02. The van der Waals surface area contributed by atoms with E-state index in [-0.39, 0.29) is 35.6 Å². The molecule has 4 aliphatic heterocycles. The van der Waals surface area contributed by atoms with Crippen molar-refractivity contribution in [3.05, 3.63) is 11.1 Å². The lowest BCUT2D eigenvalue weighted by atomic mass is 9.46. The summed E-state index contributed by atoms with van der Waals surface area (Å²) in [6, 6.07) is 0. The number of hydrogen-bond acceptors (Lipinski definition) is 7. The van der Waals surface area contributed by atoms with Gasteiger partial charge in [-0.15, -0.1) is 0 Å². The second-order valence-electron chi connectivity index (χ2n) is 12.5. The fourth-order valence-electron chi connectivity index (χ4n) is 8.20. The van der Waals surface area contributed by atoms with Gasteiger partial charge in [0.1, 0.15) is 30.5 Å². The Hall–Kier alpha value is -0.990. The molecule has 170 valence electrons. The minimum absolute atomic E-state index is 0.0464. The van der Waals surface area contributed by atoms with Gasteiger partial charge < -0.3 is 28.8 Å². The Morgan fingerprint density at radius 2 is 1.84 bits per heavy atom. The maximum Gasteiger partial charge on any atom is 0.334 e. The van der Waals surface area contributed by atoms with Gasteiger partial charge in [0, 0.05) is 11.0 Å². The van der Waals surface area contributed by atoms with Crippen LogP contribution in [-0.4, -0.2) is 70.1 Å². The third kappa shape index (κ3) is 1.85. The van der Waals surface area contributed by atoms with Crippen molar-refractivity contribution in [2.75, 3.05) is 6.61 Å². The van der Waals surface area contributed by atoms with Crippen molar-refractivity contribution in [2.45, 2.75) is 113 Å². The van der Waals surface area contributed by atoms with Crippen LogP contribution in [0.1, 0.15) is 60.8 Å². The van der Waals surface area contributed by atoms with Gasteiger partial charge in [-0.2, -0.15) is 0 Å². The summed E-state index contributed by atoms with van der Waals surface area (Å²) in [5, 5.41) is 11.2. The van der Waals surface area contributed by atoms with E-state index in [1.54, 1.807) is 0 Å². The van der Waals surface area contributed by atoms with Gasteiger partial charge in [0.15, 0.2) is 11.2 Å². The zero-order valence-corrected chi connectivity index (χ0v) is 19.1. The Bertz CT molecular complexity index is 958. The minimum Gasteiger partial charge on any atom is -0.458 e. The van der Waals surface area contributed by atoms with Crippen LogP contribution in [0.25, 0.3) is 0 Å². The molecule has 0 amide bonds. The third-order valence-corrected chi connectivity index (χ3v) is 9.54. The molecule has 1 N–H and O–H groups in total. The lowest BCUT2D eigenvalue weighted by Gasteiger charge is -2.55. The van der Waals surface area contributed by atoms with Crippen LogP contribution in [0.4, 0.5) is 0 Å². The second-order valence-corrected chi connectivity index (χ2v) is 12.5. The summed E-state index contributed by atoms with van der Waals surface area (Å²) >= 11 is 0. The van der Waals surface area contributed by atoms with Gasteiger partial charge >= 0.3 is 5.97 Å². The summed E-state index contributed by atoms with van der Waals surface area (Å²) in [5.41, 5.74) is -1.70. The lowest BCUT2D eigenvalue weighted by molar-refractivity contribution is -0.192. The van der Waals surface area contributed by atoms with E-state index in [1.807, 2.05) is 34.6 Å². The maximum absolute atomic E-state index is 12.3. The predicted molar refractivity (Wildman–Crippen MR) is 107 cm³/mol. The second kappa shape index (κ2) is 4.92. The average molecular weight is 433 g/mol. The molecule has 9 atom stereocenters. The highest BCUT2D eigenvalue weighted by atomic mass is 16.8. The van der Waals surface area contributed by atoms with E-state index in [0.717, 1.165) is 24.0 Å². The zero-order valence-electron chi connectivity index (χ0n) is 19.1. The zero-order chi connectivity index (χ0) is 22.0. The van der Waals surface area contributed by atoms with E-state index in [9.17, 15) is 9.90 Å². The molecule has 2 spiro atoms. The van der Waals surface area contributed by atoms with Crippen LogP contribution in [0.3, 0.4) is 0 Å². The summed E-state index contributed by atoms with van der Waals surface area (Å²) in [6.07, 6.45) is 1.56. The Morgan fingerprint density at radius 3 is 2.52 bits per heavy atom. The number of aliphatic hydroxyl groups is 1. The van der Waals surface area contributed by atoms with Crippen molar-refractivity contribution in [2.24, 2.45) is 11.3 Å². The topological polar surface area (TPSA) is 93.4 Å². The Kier molecular flexibility index (Phi) is 3.09. The minimum atomic E-state index is -1.09. The molecule has 0 aromatic rings. The monoisotopic (exact) mass is 432 g/mol. The van der Waals surface area contributed by atoms with Gasteiger partial charge in [0.05, 0.1) is 17.3 Å². The summed E-state index contributed by atoms with van der Waals surface area (Å²) in [6.45, 7) is 12.4. The van der Waals surface area contributed by atoms with Gasteiger partial charge in [-0.05, 0) is 65.4 Å². The summed E-state index contributed by atoms with van der Waals surface area (Å²) in [5.74, 6) is 0.0394. The molecular formula is C24H32O7. The number of fused-ring (bicyclic) bond motifs is 4. The van der Waals surface area contributed by atoms with Crippen LogP contribution in [0.2, 0.25) is 0 Å². The van der Waals surface area contributed by atoms with Gasteiger partial charge in [-0.3, -0.25) is 0 Å². The molecule has 0 aromatic carbocycles. The number of rotatable bonds is 2. The van der Waals surface area contributed by atoms with E-state index in [4.69, 9.17) is 23.7 Å². The van der Waals surface area contributed by atoms with Gasteiger partial charge in [0.25, 0.3) is 0 Å². The van der Waals surface area contributed by atoms with Crippen molar-refractivity contribution in [3.8, 4) is 0 Å². The first kappa shape index (κ1) is 19.5. The van der Waals surface area contributed by atoms with Crippen molar-refractivity contribution in [3.63, 3.8) is 0 Å². The third-order valence-electron chi connectivity index (χ3n) is 9.54. The van der Waals surface area contributed by atoms with Gasteiger partial charge in [-0.25, -0.2) is 4.79 Å². The van der Waals surface area contributed by atoms with Crippen LogP contribution in [0, 0.1) is 11.3 Å². The molecule has 7 aliphatic rings. The molecule has 7 nitrogen and oxygen atoms in total. The maximum atomic E-state index is 12.3. The van der Waals surface area contributed by atoms with Crippen LogP contribution < -0.4 is 0 Å². The van der Waals surface area contributed by atoms with Crippen LogP contribution in [-0.2, 0) is 28.5 Å². The molecule has 4 heterocycles.